The van der Waals surface area contributed by atoms with Crippen LogP contribution in [-0.4, -0.2) is 68.1 Å². The summed E-state index contributed by atoms with van der Waals surface area (Å²) in [5, 5.41) is 6.16. The van der Waals surface area contributed by atoms with Gasteiger partial charge in [-0.3, -0.25) is 9.97 Å². The van der Waals surface area contributed by atoms with Crippen molar-refractivity contribution >= 4 is 110 Å². The molecule has 0 fully saturated rings. The van der Waals surface area contributed by atoms with Crippen molar-refractivity contribution < 1.29 is 4.42 Å². The van der Waals surface area contributed by atoms with Crippen LogP contribution in [0.4, 0.5) is 0 Å². The molecule has 0 amide bonds. The average Bonchev–Trinajstić information content (AvgIpc) is 1.70. The number of fused-ring (bicyclic) bond motifs is 15. The number of benzene rings is 8. The van der Waals surface area contributed by atoms with Crippen molar-refractivity contribution in [1.29, 1.82) is 0 Å². The summed E-state index contributed by atoms with van der Waals surface area (Å²) in [5.74, 6) is 1.19. The van der Waals surface area contributed by atoms with Crippen molar-refractivity contribution in [1.82, 2.24) is 68.1 Å². The molecule has 0 aliphatic heterocycles. The molecule has 0 aliphatic carbocycles. The highest BCUT2D eigenvalue weighted by Gasteiger charge is 2.23. The smallest absolute Gasteiger partial charge is 0.162 e. The zero-order valence-electron chi connectivity index (χ0n) is 46.9. The zero-order chi connectivity index (χ0) is 58.3. The van der Waals surface area contributed by atoms with Crippen LogP contribution >= 0.6 is 0 Å². The number of nitrogens with zero attached hydrogens (tertiary/aromatic N) is 14. The number of hydrogen-bond donors (Lipinski definition) is 0. The van der Waals surface area contributed by atoms with Gasteiger partial charge in [0.05, 0.1) is 55.5 Å². The Morgan fingerprint density at radius 1 is 0.258 bits per heavy atom. The number of rotatable bonds is 8. The van der Waals surface area contributed by atoms with Crippen LogP contribution in [0.2, 0.25) is 0 Å². The topological polar surface area (TPSA) is 162 Å². The largest absolute Gasteiger partial charge is 0.456 e. The normalized spacial score (nSPS) is 12.0. The fourth-order valence-corrected chi connectivity index (χ4v) is 13.4. The minimum Gasteiger partial charge on any atom is -0.456 e. The average molecular weight is 1140 g/mol. The molecule has 0 bridgehead atoms. The molecule has 0 spiro atoms. The summed E-state index contributed by atoms with van der Waals surface area (Å²) in [4.78, 5) is 46.9. The van der Waals surface area contributed by atoms with E-state index in [1.807, 2.05) is 36.7 Å². The predicted molar refractivity (Wildman–Crippen MR) is 351 cm³/mol. The van der Waals surface area contributed by atoms with Crippen LogP contribution in [0.3, 0.4) is 0 Å². The molecule has 0 saturated carbocycles. The third kappa shape index (κ3) is 7.45. The lowest BCUT2D eigenvalue weighted by atomic mass is 10.0. The third-order valence-electron chi connectivity index (χ3n) is 17.3. The third-order valence-corrected chi connectivity index (χ3v) is 17.3. The van der Waals surface area contributed by atoms with E-state index < -0.39 is 0 Å². The van der Waals surface area contributed by atoms with E-state index in [2.05, 4.69) is 242 Å². The van der Waals surface area contributed by atoms with Gasteiger partial charge in [-0.25, -0.2) is 39.9 Å². The van der Waals surface area contributed by atoms with Crippen LogP contribution in [-0.2, 0) is 0 Å². The Morgan fingerprint density at radius 2 is 0.629 bits per heavy atom. The molecule has 0 N–H and O–H groups in total. The summed E-state index contributed by atoms with van der Waals surface area (Å²) in [6, 6.07) is 76.5. The van der Waals surface area contributed by atoms with E-state index in [0.29, 0.717) is 11.6 Å². The van der Waals surface area contributed by atoms with E-state index in [0.717, 1.165) is 166 Å². The van der Waals surface area contributed by atoms with Gasteiger partial charge in [-0.15, -0.1) is 0 Å². The Labute approximate surface area is 503 Å². The minimum absolute atomic E-state index is 0.596. The first kappa shape index (κ1) is 48.7. The molecule has 89 heavy (non-hydrogen) atoms. The van der Waals surface area contributed by atoms with Crippen molar-refractivity contribution in [2.45, 2.75) is 0 Å². The van der Waals surface area contributed by atoms with Crippen molar-refractivity contribution in [2.24, 2.45) is 0 Å². The number of para-hydroxylation sites is 2. The summed E-state index contributed by atoms with van der Waals surface area (Å²) < 4.78 is 15.8. The quantitative estimate of drug-likeness (QED) is 0.142. The Kier molecular flexibility index (Phi) is 10.4. The van der Waals surface area contributed by atoms with E-state index in [1.165, 1.54) is 25.3 Å². The van der Waals surface area contributed by atoms with Crippen LogP contribution in [0.25, 0.3) is 178 Å². The van der Waals surface area contributed by atoms with Gasteiger partial charge in [0.15, 0.2) is 11.6 Å². The molecule has 11 heterocycles. The lowest BCUT2D eigenvalue weighted by Crippen LogP contribution is -1.95. The molecule has 19 rings (SSSR count). The van der Waals surface area contributed by atoms with Gasteiger partial charge in [0.2, 0.25) is 0 Å². The summed E-state index contributed by atoms with van der Waals surface area (Å²) in [7, 11) is 0. The predicted octanol–water partition coefficient (Wildman–Crippen LogP) is 16.6. The van der Waals surface area contributed by atoms with Crippen LogP contribution in [0.1, 0.15) is 0 Å². The Balaban J connectivity index is 0.762. The number of aromatic nitrogens is 14. The molecule has 15 heteroatoms. The Hall–Kier alpha value is -12.6. The highest BCUT2D eigenvalue weighted by molar-refractivity contribution is 6.15. The fourth-order valence-electron chi connectivity index (χ4n) is 13.4. The van der Waals surface area contributed by atoms with E-state index in [1.54, 1.807) is 0 Å². The molecule has 0 unspecified atom stereocenters. The molecule has 0 saturated heterocycles. The maximum Gasteiger partial charge on any atom is 0.162 e. The first-order valence-electron chi connectivity index (χ1n) is 29.1. The second kappa shape index (κ2) is 18.9. The first-order chi connectivity index (χ1) is 44.1. The summed E-state index contributed by atoms with van der Waals surface area (Å²) in [6.07, 6.45) is 9.81. The van der Waals surface area contributed by atoms with Crippen molar-refractivity contribution in [3.63, 3.8) is 0 Å². The maximum atomic E-state index is 6.69. The fraction of sp³-hybridized carbons (Fsp3) is 0. The molecular formula is C74H42N14O. The standard InChI is InChI=1S/C74H42N14O/c1-3-9-47(10-4-1)85-63-13-7-31-77-69(63)71-65(85)27-21-57(83-71)43-15-23-59-51(33-43)53-35-45(73-79-39-75-40-80-73)17-25-61(53)87(59)49-19-29-67-55(37-49)56-38-50(20-30-68(56)89-67)88-60-24-16-44(34-52(60)54-36-46(18-26-62(54)88)74-81-41-76-42-82-74)58-22-28-66-72(84-58)70-64(14-8-32-78-70)86(66)48-11-5-2-6-12-48/h1-42H. The molecule has 15 nitrogen and oxygen atoms in total. The number of pyridine rings is 4. The van der Waals surface area contributed by atoms with Crippen LogP contribution in [0.15, 0.2) is 261 Å². The Bertz CT molecular complexity index is 5740. The summed E-state index contributed by atoms with van der Waals surface area (Å²) >= 11 is 0. The Morgan fingerprint density at radius 3 is 1.06 bits per heavy atom. The first-order valence-corrected chi connectivity index (χ1v) is 29.1. The van der Waals surface area contributed by atoms with E-state index in [9.17, 15) is 0 Å². The second-order valence-electron chi connectivity index (χ2n) is 22.2. The number of hydrogen-bond acceptors (Lipinski definition) is 11. The van der Waals surface area contributed by atoms with Crippen LogP contribution in [0.5, 0.6) is 0 Å². The zero-order valence-corrected chi connectivity index (χ0v) is 46.9. The molecule has 0 aliphatic rings. The van der Waals surface area contributed by atoms with Crippen molar-refractivity contribution in [2.75, 3.05) is 0 Å². The molecule has 414 valence electrons. The summed E-state index contributed by atoms with van der Waals surface area (Å²) in [6.45, 7) is 0. The summed E-state index contributed by atoms with van der Waals surface area (Å²) in [5.41, 5.74) is 22.5. The van der Waals surface area contributed by atoms with Gasteiger partial charge in [0.1, 0.15) is 58.5 Å². The molecule has 0 atom stereocenters. The lowest BCUT2D eigenvalue weighted by Gasteiger charge is -2.10. The van der Waals surface area contributed by atoms with Crippen LogP contribution in [0, 0.1) is 0 Å². The molecular weight excluding hydrogens is 1100 g/mol. The van der Waals surface area contributed by atoms with E-state index in [-0.39, 0.29) is 0 Å². The monoisotopic (exact) mass is 1140 g/mol. The van der Waals surface area contributed by atoms with Gasteiger partial charge in [-0.1, -0.05) is 48.5 Å². The highest BCUT2D eigenvalue weighted by Crippen LogP contribution is 2.43. The molecule has 11 aromatic heterocycles. The highest BCUT2D eigenvalue weighted by atomic mass is 16.3. The SMILES string of the molecule is c1ccc(-n2c3cccnc3c3nc(-c4ccc5c(c4)c4cc(-c6ncncn6)ccc4n5-c4ccc5oc6ccc(-n7c8ccc(-c9ccc%10c(n9)c9ncccc9n%10-c9ccccc9)cc8c8cc(-c9ncncn9)ccc87)cc6c5c4)ccc32)cc1. The maximum absolute atomic E-state index is 6.69. The van der Waals surface area contributed by atoms with Gasteiger partial charge >= 0.3 is 0 Å². The molecule has 0 radical (unpaired) electrons. The van der Waals surface area contributed by atoms with E-state index >= 15 is 0 Å². The van der Waals surface area contributed by atoms with Crippen molar-refractivity contribution in [3.05, 3.63) is 256 Å². The van der Waals surface area contributed by atoms with Crippen molar-refractivity contribution in [3.8, 4) is 68.0 Å². The molecule has 19 aromatic rings. The van der Waals surface area contributed by atoms with Gasteiger partial charge in [-0.2, -0.15) is 0 Å². The van der Waals surface area contributed by atoms with E-state index in [4.69, 9.17) is 24.4 Å². The van der Waals surface area contributed by atoms with Gasteiger partial charge in [-0.05, 0) is 170 Å². The number of furan rings is 1. The molecule has 8 aromatic carbocycles. The van der Waals surface area contributed by atoms with Gasteiger partial charge < -0.3 is 22.7 Å². The second-order valence-corrected chi connectivity index (χ2v) is 22.2. The van der Waals surface area contributed by atoms with Crippen LogP contribution < -0.4 is 0 Å². The minimum atomic E-state index is 0.596. The lowest BCUT2D eigenvalue weighted by molar-refractivity contribution is 0.669. The van der Waals surface area contributed by atoms with Gasteiger partial charge in [0, 0.05) is 89.7 Å². The van der Waals surface area contributed by atoms with Gasteiger partial charge in [0.25, 0.3) is 0 Å².